The number of anilines is 2. The molecule has 0 unspecified atom stereocenters. The molecular formula is C24H21N9O2S. The summed E-state index contributed by atoms with van der Waals surface area (Å²) in [6.07, 6.45) is 4.55. The molecule has 1 aliphatic heterocycles. The maximum atomic E-state index is 12.2. The lowest BCUT2D eigenvalue weighted by Gasteiger charge is -2.27. The predicted molar refractivity (Wildman–Crippen MR) is 137 cm³/mol. The zero-order valence-electron chi connectivity index (χ0n) is 19.0. The number of hydrazone groups is 1. The number of carbonyl (C=O) groups is 1. The fourth-order valence-electron chi connectivity index (χ4n) is 3.76. The van der Waals surface area contributed by atoms with Crippen molar-refractivity contribution < 1.29 is 9.53 Å². The Morgan fingerprint density at radius 2 is 2.03 bits per heavy atom. The fraction of sp³-hybridized carbons (Fsp3) is 0.167. The molecule has 0 radical (unpaired) electrons. The van der Waals surface area contributed by atoms with E-state index in [2.05, 4.69) is 47.0 Å². The van der Waals surface area contributed by atoms with Crippen molar-refractivity contribution in [1.29, 1.82) is 5.26 Å². The van der Waals surface area contributed by atoms with Crippen LogP contribution in [0.5, 0.6) is 0 Å². The summed E-state index contributed by atoms with van der Waals surface area (Å²) in [4.78, 5) is 23.6. The van der Waals surface area contributed by atoms with Gasteiger partial charge in [0.1, 0.15) is 17.4 Å². The zero-order valence-corrected chi connectivity index (χ0v) is 19.8. The summed E-state index contributed by atoms with van der Waals surface area (Å²) >= 11 is 1.51. The van der Waals surface area contributed by atoms with Crippen molar-refractivity contribution in [3.8, 4) is 27.9 Å². The maximum Gasteiger partial charge on any atom is 0.339 e. The van der Waals surface area contributed by atoms with Gasteiger partial charge in [-0.15, -0.1) is 11.3 Å². The highest BCUT2D eigenvalue weighted by molar-refractivity contribution is 7.20. The number of urea groups is 1. The molecular weight excluding hydrogens is 478 g/mol. The van der Waals surface area contributed by atoms with E-state index >= 15 is 0 Å². The Kier molecular flexibility index (Phi) is 6.93. The first kappa shape index (κ1) is 23.2. The number of hydrogen-bond donors (Lipinski definition) is 3. The minimum Gasteiger partial charge on any atom is -0.378 e. The van der Waals surface area contributed by atoms with E-state index in [0.29, 0.717) is 49.1 Å². The summed E-state index contributed by atoms with van der Waals surface area (Å²) in [6, 6.07) is 14.6. The van der Waals surface area contributed by atoms with Gasteiger partial charge in [0.2, 0.25) is 0 Å². The minimum absolute atomic E-state index is 0.486. The SMILES string of the molecule is N#Cc1c(N2CCOCC2)sc(-c2ncn[nH]2)c1-c1ccc(NC(=O)N/N=C/c2ccccn2)cc1. The van der Waals surface area contributed by atoms with E-state index in [1.807, 2.05) is 18.2 Å². The highest BCUT2D eigenvalue weighted by atomic mass is 32.1. The Balaban J connectivity index is 1.37. The lowest BCUT2D eigenvalue weighted by molar-refractivity contribution is 0.123. The Labute approximate surface area is 210 Å². The van der Waals surface area contributed by atoms with Crippen LogP contribution in [0.1, 0.15) is 11.3 Å². The number of pyridine rings is 1. The first-order valence-corrected chi connectivity index (χ1v) is 11.9. The van der Waals surface area contributed by atoms with E-state index in [1.165, 1.54) is 23.9 Å². The summed E-state index contributed by atoms with van der Waals surface area (Å²) in [7, 11) is 0. The van der Waals surface area contributed by atoms with E-state index in [0.717, 1.165) is 21.0 Å². The molecule has 1 fully saturated rings. The Hall–Kier alpha value is -4.60. The third kappa shape index (κ3) is 5.07. The lowest BCUT2D eigenvalue weighted by atomic mass is 10.0. The van der Waals surface area contributed by atoms with Gasteiger partial charge >= 0.3 is 6.03 Å². The summed E-state index contributed by atoms with van der Waals surface area (Å²) in [5, 5.41) is 24.5. The molecule has 0 saturated carbocycles. The molecule has 36 heavy (non-hydrogen) atoms. The summed E-state index contributed by atoms with van der Waals surface area (Å²) < 4.78 is 5.48. The number of rotatable bonds is 6. The van der Waals surface area contributed by atoms with Crippen molar-refractivity contribution in [2.24, 2.45) is 5.10 Å². The van der Waals surface area contributed by atoms with Gasteiger partial charge in [-0.05, 0) is 29.8 Å². The van der Waals surface area contributed by atoms with Crippen molar-refractivity contribution in [1.82, 2.24) is 25.6 Å². The Morgan fingerprint density at radius 1 is 1.19 bits per heavy atom. The van der Waals surface area contributed by atoms with Crippen LogP contribution in [-0.4, -0.2) is 58.7 Å². The van der Waals surface area contributed by atoms with Crippen LogP contribution < -0.4 is 15.6 Å². The molecule has 5 rings (SSSR count). The fourth-order valence-corrected chi connectivity index (χ4v) is 5.03. The molecule has 2 amide bonds. The smallest absolute Gasteiger partial charge is 0.339 e. The van der Waals surface area contributed by atoms with Crippen LogP contribution >= 0.6 is 11.3 Å². The predicted octanol–water partition coefficient (Wildman–Crippen LogP) is 3.46. The van der Waals surface area contributed by atoms with E-state index in [4.69, 9.17) is 4.74 Å². The highest BCUT2D eigenvalue weighted by Crippen LogP contribution is 2.46. The molecule has 4 heterocycles. The molecule has 12 heteroatoms. The number of aromatic amines is 1. The molecule has 11 nitrogen and oxygen atoms in total. The molecule has 3 aromatic heterocycles. The van der Waals surface area contributed by atoms with Crippen molar-refractivity contribution in [3.63, 3.8) is 0 Å². The van der Waals surface area contributed by atoms with Crippen molar-refractivity contribution in [2.75, 3.05) is 36.5 Å². The van der Waals surface area contributed by atoms with E-state index in [1.54, 1.807) is 30.5 Å². The largest absolute Gasteiger partial charge is 0.378 e. The van der Waals surface area contributed by atoms with Crippen LogP contribution in [0.4, 0.5) is 15.5 Å². The second kappa shape index (κ2) is 10.8. The highest BCUT2D eigenvalue weighted by Gasteiger charge is 2.26. The van der Waals surface area contributed by atoms with Gasteiger partial charge in [0.15, 0.2) is 5.82 Å². The minimum atomic E-state index is -0.486. The van der Waals surface area contributed by atoms with Gasteiger partial charge in [-0.25, -0.2) is 15.2 Å². The molecule has 4 aromatic rings. The zero-order chi connectivity index (χ0) is 24.7. The standard InChI is InChI=1S/C24H21N9O2S/c25-13-19-20(21(22-27-15-29-31-22)36-23(19)33-9-11-35-12-10-33)16-4-6-17(7-5-16)30-24(34)32-28-14-18-3-1-2-8-26-18/h1-8,14-15H,9-12H2,(H,27,29,31)(H2,30,32,34)/b28-14+. The van der Waals surface area contributed by atoms with Crippen molar-refractivity contribution >= 4 is 34.3 Å². The van der Waals surface area contributed by atoms with Gasteiger partial charge in [-0.2, -0.15) is 15.5 Å². The molecule has 0 aliphatic carbocycles. The van der Waals surface area contributed by atoms with Crippen LogP contribution in [0.15, 0.2) is 60.1 Å². The number of carbonyl (C=O) groups excluding carboxylic acids is 1. The number of amides is 2. The quantitative estimate of drug-likeness (QED) is 0.272. The molecule has 1 aliphatic rings. The van der Waals surface area contributed by atoms with Crippen LogP contribution in [0.3, 0.4) is 0 Å². The molecule has 3 N–H and O–H groups in total. The molecule has 1 saturated heterocycles. The number of benzene rings is 1. The van der Waals surface area contributed by atoms with Gasteiger partial charge in [0.05, 0.1) is 35.6 Å². The number of aromatic nitrogens is 4. The normalized spacial score (nSPS) is 13.5. The number of hydrogen-bond acceptors (Lipinski definition) is 9. The van der Waals surface area contributed by atoms with Crippen molar-refractivity contribution in [3.05, 3.63) is 66.2 Å². The Bertz CT molecular complexity index is 1390. The number of ether oxygens (including phenoxy) is 1. The third-order valence-corrected chi connectivity index (χ3v) is 6.67. The maximum absolute atomic E-state index is 12.2. The third-order valence-electron chi connectivity index (χ3n) is 5.41. The van der Waals surface area contributed by atoms with Crippen LogP contribution in [0, 0.1) is 11.3 Å². The van der Waals surface area contributed by atoms with Crippen LogP contribution in [-0.2, 0) is 4.74 Å². The topological polar surface area (TPSA) is 144 Å². The van der Waals surface area contributed by atoms with Gasteiger partial charge in [-0.3, -0.25) is 10.1 Å². The second-order valence-electron chi connectivity index (χ2n) is 7.69. The Morgan fingerprint density at radius 3 is 2.72 bits per heavy atom. The van der Waals surface area contributed by atoms with Gasteiger partial charge in [0.25, 0.3) is 0 Å². The first-order chi connectivity index (χ1) is 17.7. The van der Waals surface area contributed by atoms with E-state index in [9.17, 15) is 10.1 Å². The second-order valence-corrected chi connectivity index (χ2v) is 8.69. The van der Waals surface area contributed by atoms with Gasteiger partial charge < -0.3 is 15.0 Å². The number of nitrogens with one attached hydrogen (secondary N) is 3. The number of thiophene rings is 1. The summed E-state index contributed by atoms with van der Waals surface area (Å²) in [6.45, 7) is 2.66. The molecule has 0 bridgehead atoms. The van der Waals surface area contributed by atoms with Crippen LogP contribution in [0.25, 0.3) is 21.8 Å². The number of morpholine rings is 1. The number of nitriles is 1. The molecule has 180 valence electrons. The molecule has 1 aromatic carbocycles. The average Bonchev–Trinajstić information content (AvgIpc) is 3.58. The van der Waals surface area contributed by atoms with Gasteiger partial charge in [0, 0.05) is 30.5 Å². The van der Waals surface area contributed by atoms with E-state index in [-0.39, 0.29) is 0 Å². The lowest BCUT2D eigenvalue weighted by Crippen LogP contribution is -2.36. The van der Waals surface area contributed by atoms with Gasteiger partial charge in [-0.1, -0.05) is 18.2 Å². The monoisotopic (exact) mass is 499 g/mol. The van der Waals surface area contributed by atoms with E-state index < -0.39 is 6.03 Å². The summed E-state index contributed by atoms with van der Waals surface area (Å²) in [5.74, 6) is 0.596. The number of nitrogens with zero attached hydrogens (tertiary/aromatic N) is 6. The molecule has 0 spiro atoms. The average molecular weight is 500 g/mol. The first-order valence-electron chi connectivity index (χ1n) is 11.1. The van der Waals surface area contributed by atoms with Crippen LogP contribution in [0.2, 0.25) is 0 Å². The number of H-pyrrole nitrogens is 1. The van der Waals surface area contributed by atoms with Crippen molar-refractivity contribution in [2.45, 2.75) is 0 Å². The molecule has 0 atom stereocenters. The summed E-state index contributed by atoms with van der Waals surface area (Å²) in [5.41, 5.74) is 5.80.